The Morgan fingerprint density at radius 3 is 2.40 bits per heavy atom. The van der Waals surface area contributed by atoms with E-state index in [0.29, 0.717) is 17.3 Å². The average Bonchev–Trinajstić information content (AvgIpc) is 2.58. The molecular formula is C17H15F3N2O2S. The first kappa shape index (κ1) is 18.9. The van der Waals surface area contributed by atoms with Crippen LogP contribution in [0.3, 0.4) is 0 Å². The number of thioether (sulfide) groups is 1. The molecule has 0 saturated heterocycles. The number of ether oxygens (including phenoxy) is 2. The van der Waals surface area contributed by atoms with Crippen molar-refractivity contribution < 1.29 is 22.6 Å². The second-order valence-electron chi connectivity index (χ2n) is 4.97. The number of nitrogens with zero attached hydrogens (tertiary/aromatic N) is 2. The Morgan fingerprint density at radius 2 is 1.84 bits per heavy atom. The molecule has 0 aliphatic heterocycles. The Morgan fingerprint density at radius 1 is 1.20 bits per heavy atom. The molecule has 1 heterocycles. The van der Waals surface area contributed by atoms with E-state index in [2.05, 4.69) is 4.98 Å². The van der Waals surface area contributed by atoms with Crippen molar-refractivity contribution in [2.75, 3.05) is 19.5 Å². The summed E-state index contributed by atoms with van der Waals surface area (Å²) in [4.78, 5) is 4.05. The molecule has 0 N–H and O–H groups in total. The zero-order valence-corrected chi connectivity index (χ0v) is 14.4. The Hall–Kier alpha value is -2.40. The van der Waals surface area contributed by atoms with Crippen molar-refractivity contribution >= 4 is 11.8 Å². The van der Waals surface area contributed by atoms with Gasteiger partial charge in [0.25, 0.3) is 0 Å². The SMILES string of the molecule is COc1ccc(OCCSc2nc(C)cc(C(F)(F)F)c2C#N)cc1. The van der Waals surface area contributed by atoms with Crippen LogP contribution in [0.1, 0.15) is 16.8 Å². The number of aromatic nitrogens is 1. The van der Waals surface area contributed by atoms with E-state index in [9.17, 15) is 13.2 Å². The predicted molar refractivity (Wildman–Crippen MR) is 87.9 cm³/mol. The zero-order valence-electron chi connectivity index (χ0n) is 13.6. The zero-order chi connectivity index (χ0) is 18.4. The molecule has 1 aromatic carbocycles. The van der Waals surface area contributed by atoms with Crippen molar-refractivity contribution in [1.82, 2.24) is 4.98 Å². The van der Waals surface area contributed by atoms with Crippen LogP contribution in [0.25, 0.3) is 0 Å². The molecule has 2 rings (SSSR count). The number of alkyl halides is 3. The molecule has 4 nitrogen and oxygen atoms in total. The highest BCUT2D eigenvalue weighted by Gasteiger charge is 2.35. The summed E-state index contributed by atoms with van der Waals surface area (Å²) in [5, 5.41) is 9.15. The van der Waals surface area contributed by atoms with Gasteiger partial charge in [-0.3, -0.25) is 0 Å². The smallest absolute Gasteiger partial charge is 0.417 e. The number of hydrogen-bond donors (Lipinski definition) is 0. The molecule has 2 aromatic rings. The normalized spacial score (nSPS) is 11.0. The molecule has 0 fully saturated rings. The van der Waals surface area contributed by atoms with Crippen LogP contribution in [0.4, 0.5) is 13.2 Å². The number of pyridine rings is 1. The lowest BCUT2D eigenvalue weighted by Crippen LogP contribution is -2.11. The highest BCUT2D eigenvalue weighted by atomic mass is 32.2. The summed E-state index contributed by atoms with van der Waals surface area (Å²) in [6, 6.07) is 9.45. The van der Waals surface area contributed by atoms with Crippen molar-refractivity contribution in [2.24, 2.45) is 0 Å². The van der Waals surface area contributed by atoms with Crippen molar-refractivity contribution in [1.29, 1.82) is 5.26 Å². The van der Waals surface area contributed by atoms with E-state index in [-0.39, 0.29) is 17.3 Å². The molecule has 25 heavy (non-hydrogen) atoms. The molecule has 0 bridgehead atoms. The van der Waals surface area contributed by atoms with Crippen LogP contribution in [0.2, 0.25) is 0 Å². The lowest BCUT2D eigenvalue weighted by Gasteiger charge is -2.13. The Kier molecular flexibility index (Phi) is 6.15. The van der Waals surface area contributed by atoms with E-state index in [1.54, 1.807) is 37.4 Å². The number of rotatable bonds is 6. The van der Waals surface area contributed by atoms with Gasteiger partial charge in [-0.05, 0) is 37.3 Å². The van der Waals surface area contributed by atoms with Gasteiger partial charge in [0.15, 0.2) is 0 Å². The minimum absolute atomic E-state index is 0.0631. The van der Waals surface area contributed by atoms with Gasteiger partial charge in [0, 0.05) is 11.4 Å². The maximum atomic E-state index is 13.0. The Balaban J connectivity index is 2.03. The Labute approximate surface area is 147 Å². The van der Waals surface area contributed by atoms with Gasteiger partial charge in [-0.1, -0.05) is 0 Å². The van der Waals surface area contributed by atoms with E-state index in [1.165, 1.54) is 6.92 Å². The fourth-order valence-electron chi connectivity index (χ4n) is 2.05. The van der Waals surface area contributed by atoms with Gasteiger partial charge in [0.2, 0.25) is 0 Å². The minimum atomic E-state index is -4.59. The summed E-state index contributed by atoms with van der Waals surface area (Å²) in [6.07, 6.45) is -4.59. The van der Waals surface area contributed by atoms with Crippen molar-refractivity contribution in [3.8, 4) is 17.6 Å². The second kappa shape index (κ2) is 8.12. The summed E-state index contributed by atoms with van der Waals surface area (Å²) >= 11 is 1.06. The first-order valence-electron chi connectivity index (χ1n) is 7.23. The van der Waals surface area contributed by atoms with E-state index < -0.39 is 17.3 Å². The van der Waals surface area contributed by atoms with Gasteiger partial charge < -0.3 is 9.47 Å². The fraction of sp³-hybridized carbons (Fsp3) is 0.294. The number of halogens is 3. The summed E-state index contributed by atoms with van der Waals surface area (Å²) in [7, 11) is 1.56. The van der Waals surface area contributed by atoms with E-state index >= 15 is 0 Å². The van der Waals surface area contributed by atoms with Crippen molar-refractivity contribution in [3.63, 3.8) is 0 Å². The molecule has 132 valence electrons. The number of hydrogen-bond acceptors (Lipinski definition) is 5. The molecule has 0 unspecified atom stereocenters. The number of aryl methyl sites for hydroxylation is 1. The fourth-order valence-corrected chi connectivity index (χ4v) is 2.92. The number of nitriles is 1. The number of benzene rings is 1. The number of methoxy groups -OCH3 is 1. The van der Waals surface area contributed by atoms with Gasteiger partial charge in [0.1, 0.15) is 22.6 Å². The molecule has 1 aromatic heterocycles. The lowest BCUT2D eigenvalue weighted by molar-refractivity contribution is -0.138. The van der Waals surface area contributed by atoms with Crippen LogP contribution >= 0.6 is 11.8 Å². The molecule has 0 amide bonds. The van der Waals surface area contributed by atoms with E-state index in [0.717, 1.165) is 17.8 Å². The van der Waals surface area contributed by atoms with Gasteiger partial charge in [-0.2, -0.15) is 18.4 Å². The standard InChI is InChI=1S/C17H15F3N2O2S/c1-11-9-15(17(18,19)20)14(10-21)16(22-11)25-8-7-24-13-5-3-12(23-2)4-6-13/h3-6,9H,7-8H2,1-2H3. The summed E-state index contributed by atoms with van der Waals surface area (Å²) in [5.41, 5.74) is -1.20. The van der Waals surface area contributed by atoms with E-state index in [4.69, 9.17) is 14.7 Å². The molecule has 0 radical (unpaired) electrons. The Bertz CT molecular complexity index is 771. The minimum Gasteiger partial charge on any atom is -0.497 e. The topological polar surface area (TPSA) is 55.1 Å². The van der Waals surface area contributed by atoms with Crippen LogP contribution in [0.15, 0.2) is 35.4 Å². The molecular weight excluding hydrogens is 353 g/mol. The van der Waals surface area contributed by atoms with Crippen LogP contribution in [-0.4, -0.2) is 24.5 Å². The third-order valence-corrected chi connectivity index (χ3v) is 4.12. The molecule has 0 aliphatic carbocycles. The van der Waals surface area contributed by atoms with Crippen LogP contribution in [-0.2, 0) is 6.18 Å². The first-order valence-corrected chi connectivity index (χ1v) is 8.22. The van der Waals surface area contributed by atoms with Crippen molar-refractivity contribution in [2.45, 2.75) is 18.1 Å². The molecule has 0 saturated carbocycles. The predicted octanol–water partition coefficient (Wildman–Crippen LogP) is 4.46. The lowest BCUT2D eigenvalue weighted by atomic mass is 10.1. The monoisotopic (exact) mass is 368 g/mol. The maximum Gasteiger partial charge on any atom is 0.417 e. The molecule has 0 atom stereocenters. The summed E-state index contributed by atoms with van der Waals surface area (Å²) in [6.45, 7) is 1.73. The molecule has 8 heteroatoms. The highest BCUT2D eigenvalue weighted by molar-refractivity contribution is 7.99. The maximum absolute atomic E-state index is 13.0. The van der Waals surface area contributed by atoms with Crippen LogP contribution in [0, 0.1) is 18.3 Å². The largest absolute Gasteiger partial charge is 0.497 e. The van der Waals surface area contributed by atoms with Gasteiger partial charge in [-0.25, -0.2) is 4.98 Å². The average molecular weight is 368 g/mol. The third-order valence-electron chi connectivity index (χ3n) is 3.18. The summed E-state index contributed by atoms with van der Waals surface area (Å²) in [5.74, 6) is 1.67. The van der Waals surface area contributed by atoms with Gasteiger partial charge in [0.05, 0.1) is 24.8 Å². The third kappa shape index (κ3) is 5.03. The van der Waals surface area contributed by atoms with Crippen LogP contribution in [0.5, 0.6) is 11.5 Å². The summed E-state index contributed by atoms with van der Waals surface area (Å²) < 4.78 is 49.7. The first-order chi connectivity index (χ1) is 11.8. The van der Waals surface area contributed by atoms with Gasteiger partial charge >= 0.3 is 6.18 Å². The highest BCUT2D eigenvalue weighted by Crippen LogP contribution is 2.35. The second-order valence-corrected chi connectivity index (χ2v) is 6.06. The van der Waals surface area contributed by atoms with Crippen LogP contribution < -0.4 is 9.47 Å². The quantitative estimate of drug-likeness (QED) is 0.557. The van der Waals surface area contributed by atoms with E-state index in [1.807, 2.05) is 0 Å². The van der Waals surface area contributed by atoms with Crippen molar-refractivity contribution in [3.05, 3.63) is 47.2 Å². The molecule has 0 spiro atoms. The molecule has 0 aliphatic rings. The van der Waals surface area contributed by atoms with Gasteiger partial charge in [-0.15, -0.1) is 11.8 Å².